The van der Waals surface area contributed by atoms with Gasteiger partial charge in [-0.2, -0.15) is 0 Å². The van der Waals surface area contributed by atoms with Gasteiger partial charge in [-0.3, -0.25) is 9.78 Å². The van der Waals surface area contributed by atoms with E-state index in [9.17, 15) is 4.79 Å². The summed E-state index contributed by atoms with van der Waals surface area (Å²) in [6.07, 6.45) is 6.62. The molecular formula is C16H25N3O. The quantitative estimate of drug-likeness (QED) is 0.897. The van der Waals surface area contributed by atoms with E-state index in [2.05, 4.69) is 22.1 Å². The Hall–Kier alpha value is -1.42. The molecule has 1 N–H and O–H groups in total. The number of carbonyl (C=O) groups excluding carboxylic acids is 1. The summed E-state index contributed by atoms with van der Waals surface area (Å²) in [6, 6.07) is 6.25. The van der Waals surface area contributed by atoms with E-state index in [0.29, 0.717) is 19.0 Å². The number of pyridine rings is 1. The maximum Gasteiger partial charge on any atom is 0.223 e. The standard InChI is InChI=1S/C16H25N3O/c1-2-6-16(20)19(13-14-7-3-4-11-18-14)15-8-5-10-17-12-9-15/h3-4,7,11,15,17H,2,5-6,8-10,12-13H2,1H3. The van der Waals surface area contributed by atoms with Crippen molar-refractivity contribution in [2.45, 2.75) is 51.6 Å². The molecule has 1 aromatic rings. The zero-order valence-electron chi connectivity index (χ0n) is 12.3. The molecule has 1 aliphatic heterocycles. The third kappa shape index (κ3) is 4.30. The van der Waals surface area contributed by atoms with Gasteiger partial charge in [0.1, 0.15) is 0 Å². The van der Waals surface area contributed by atoms with Gasteiger partial charge in [0.05, 0.1) is 12.2 Å². The molecule has 2 rings (SSSR count). The summed E-state index contributed by atoms with van der Waals surface area (Å²) < 4.78 is 0. The van der Waals surface area contributed by atoms with Gasteiger partial charge in [-0.05, 0) is 50.9 Å². The first-order valence-electron chi connectivity index (χ1n) is 7.71. The minimum absolute atomic E-state index is 0.269. The Balaban J connectivity index is 2.08. The van der Waals surface area contributed by atoms with Gasteiger partial charge in [0.25, 0.3) is 0 Å². The van der Waals surface area contributed by atoms with Gasteiger partial charge in [-0.15, -0.1) is 0 Å². The Labute approximate surface area is 121 Å². The molecular weight excluding hydrogens is 250 g/mol. The number of nitrogens with zero attached hydrogens (tertiary/aromatic N) is 2. The maximum atomic E-state index is 12.4. The Kier molecular flexibility index (Phi) is 5.99. The van der Waals surface area contributed by atoms with Crippen LogP contribution in [0.2, 0.25) is 0 Å². The van der Waals surface area contributed by atoms with Crippen molar-refractivity contribution < 1.29 is 4.79 Å². The van der Waals surface area contributed by atoms with Gasteiger partial charge in [-0.1, -0.05) is 13.0 Å². The third-order valence-corrected chi connectivity index (χ3v) is 3.83. The second kappa shape index (κ2) is 8.00. The van der Waals surface area contributed by atoms with Crippen LogP contribution in [0.3, 0.4) is 0 Å². The van der Waals surface area contributed by atoms with Crippen molar-refractivity contribution in [3.63, 3.8) is 0 Å². The molecule has 4 heteroatoms. The lowest BCUT2D eigenvalue weighted by atomic mass is 10.1. The molecule has 2 heterocycles. The van der Waals surface area contributed by atoms with Crippen LogP contribution < -0.4 is 5.32 Å². The number of aromatic nitrogens is 1. The number of rotatable bonds is 5. The first-order chi connectivity index (χ1) is 9.81. The normalized spacial score (nSPS) is 19.4. The second-order valence-corrected chi connectivity index (χ2v) is 5.43. The molecule has 110 valence electrons. The molecule has 0 aromatic carbocycles. The zero-order valence-corrected chi connectivity index (χ0v) is 12.3. The van der Waals surface area contributed by atoms with E-state index < -0.39 is 0 Å². The Bertz CT molecular complexity index is 399. The van der Waals surface area contributed by atoms with Gasteiger partial charge >= 0.3 is 0 Å². The van der Waals surface area contributed by atoms with Crippen LogP contribution in [0.5, 0.6) is 0 Å². The molecule has 0 bridgehead atoms. The van der Waals surface area contributed by atoms with Crippen LogP contribution in [0.4, 0.5) is 0 Å². The fourth-order valence-electron chi connectivity index (χ4n) is 2.76. The van der Waals surface area contributed by atoms with Crippen LogP contribution in [0.15, 0.2) is 24.4 Å². The Morgan fingerprint density at radius 1 is 1.40 bits per heavy atom. The van der Waals surface area contributed by atoms with E-state index >= 15 is 0 Å². The molecule has 0 aliphatic carbocycles. The summed E-state index contributed by atoms with van der Waals surface area (Å²) in [5.41, 5.74) is 0.981. The van der Waals surface area contributed by atoms with Gasteiger partial charge in [0.15, 0.2) is 0 Å². The summed E-state index contributed by atoms with van der Waals surface area (Å²) in [4.78, 5) is 18.9. The van der Waals surface area contributed by atoms with E-state index in [1.807, 2.05) is 18.2 Å². The van der Waals surface area contributed by atoms with E-state index in [1.54, 1.807) is 6.20 Å². The van der Waals surface area contributed by atoms with Crippen LogP contribution >= 0.6 is 0 Å². The highest BCUT2D eigenvalue weighted by Crippen LogP contribution is 2.17. The number of amides is 1. The Morgan fingerprint density at radius 3 is 3.05 bits per heavy atom. The van der Waals surface area contributed by atoms with E-state index in [1.165, 1.54) is 0 Å². The van der Waals surface area contributed by atoms with Crippen molar-refractivity contribution in [3.8, 4) is 0 Å². The molecule has 0 radical (unpaired) electrons. The summed E-state index contributed by atoms with van der Waals surface area (Å²) >= 11 is 0. The van der Waals surface area contributed by atoms with E-state index in [-0.39, 0.29) is 5.91 Å². The average Bonchev–Trinajstić information content (AvgIpc) is 2.75. The molecule has 4 nitrogen and oxygen atoms in total. The van der Waals surface area contributed by atoms with Gasteiger partial charge < -0.3 is 10.2 Å². The van der Waals surface area contributed by atoms with Crippen LogP contribution in [0.25, 0.3) is 0 Å². The molecule has 1 amide bonds. The summed E-state index contributed by atoms with van der Waals surface area (Å²) in [5.74, 6) is 0.269. The molecule has 1 saturated heterocycles. The SMILES string of the molecule is CCCC(=O)N(Cc1ccccn1)C1CCCNCC1. The van der Waals surface area contributed by atoms with Crippen molar-refractivity contribution >= 4 is 5.91 Å². The molecule has 1 fully saturated rings. The predicted octanol–water partition coefficient (Wildman–Crippen LogP) is 2.35. The van der Waals surface area contributed by atoms with Gasteiger partial charge in [-0.25, -0.2) is 0 Å². The number of hydrogen-bond donors (Lipinski definition) is 1. The predicted molar refractivity (Wildman–Crippen MR) is 80.2 cm³/mol. The van der Waals surface area contributed by atoms with Crippen molar-refractivity contribution in [1.29, 1.82) is 0 Å². The zero-order chi connectivity index (χ0) is 14.2. The van der Waals surface area contributed by atoms with Crippen molar-refractivity contribution in [3.05, 3.63) is 30.1 Å². The summed E-state index contributed by atoms with van der Waals surface area (Å²) in [6.45, 7) is 4.77. The second-order valence-electron chi connectivity index (χ2n) is 5.43. The molecule has 1 atom stereocenters. The highest BCUT2D eigenvalue weighted by molar-refractivity contribution is 5.76. The van der Waals surface area contributed by atoms with Crippen molar-refractivity contribution in [2.24, 2.45) is 0 Å². The van der Waals surface area contributed by atoms with Gasteiger partial charge in [0, 0.05) is 18.7 Å². The Morgan fingerprint density at radius 2 is 2.30 bits per heavy atom. The van der Waals surface area contributed by atoms with Crippen LogP contribution in [-0.2, 0) is 11.3 Å². The number of nitrogens with one attached hydrogen (secondary N) is 1. The average molecular weight is 275 g/mol. The molecule has 0 spiro atoms. The highest BCUT2D eigenvalue weighted by Gasteiger charge is 2.24. The highest BCUT2D eigenvalue weighted by atomic mass is 16.2. The number of hydrogen-bond acceptors (Lipinski definition) is 3. The lowest BCUT2D eigenvalue weighted by Gasteiger charge is -2.31. The van der Waals surface area contributed by atoms with Crippen molar-refractivity contribution in [1.82, 2.24) is 15.2 Å². The molecule has 0 saturated carbocycles. The van der Waals surface area contributed by atoms with E-state index in [0.717, 1.165) is 44.5 Å². The largest absolute Gasteiger partial charge is 0.334 e. The number of carbonyl (C=O) groups is 1. The third-order valence-electron chi connectivity index (χ3n) is 3.83. The van der Waals surface area contributed by atoms with Crippen LogP contribution in [0, 0.1) is 0 Å². The molecule has 1 aliphatic rings. The fraction of sp³-hybridized carbons (Fsp3) is 0.625. The van der Waals surface area contributed by atoms with Crippen LogP contribution in [-0.4, -0.2) is 34.9 Å². The molecule has 1 unspecified atom stereocenters. The first kappa shape index (κ1) is 15.0. The van der Waals surface area contributed by atoms with Crippen molar-refractivity contribution in [2.75, 3.05) is 13.1 Å². The first-order valence-corrected chi connectivity index (χ1v) is 7.71. The monoisotopic (exact) mass is 275 g/mol. The van der Waals surface area contributed by atoms with Crippen LogP contribution in [0.1, 0.15) is 44.7 Å². The topological polar surface area (TPSA) is 45.2 Å². The molecule has 1 aromatic heterocycles. The van der Waals surface area contributed by atoms with Gasteiger partial charge in [0.2, 0.25) is 5.91 Å². The smallest absolute Gasteiger partial charge is 0.223 e. The molecule has 20 heavy (non-hydrogen) atoms. The minimum atomic E-state index is 0.269. The summed E-state index contributed by atoms with van der Waals surface area (Å²) in [5, 5.41) is 3.41. The lowest BCUT2D eigenvalue weighted by Crippen LogP contribution is -2.40. The lowest BCUT2D eigenvalue weighted by molar-refractivity contribution is -0.134. The fourth-order valence-corrected chi connectivity index (χ4v) is 2.76. The minimum Gasteiger partial charge on any atom is -0.334 e. The summed E-state index contributed by atoms with van der Waals surface area (Å²) in [7, 11) is 0. The van der Waals surface area contributed by atoms with E-state index in [4.69, 9.17) is 0 Å². The maximum absolute atomic E-state index is 12.4.